The van der Waals surface area contributed by atoms with Crippen molar-refractivity contribution in [3.8, 4) is 0 Å². The van der Waals surface area contributed by atoms with Crippen molar-refractivity contribution in [2.24, 2.45) is 5.92 Å². The Morgan fingerprint density at radius 2 is 2.18 bits per heavy atom. The van der Waals surface area contributed by atoms with E-state index in [2.05, 4.69) is 5.32 Å². The predicted octanol–water partition coefficient (Wildman–Crippen LogP) is 0.576. The fourth-order valence-electron chi connectivity index (χ4n) is 2.56. The van der Waals surface area contributed by atoms with Crippen LogP contribution in [0.4, 0.5) is 4.79 Å². The van der Waals surface area contributed by atoms with Crippen molar-refractivity contribution in [2.45, 2.75) is 44.9 Å². The average Bonchev–Trinajstić information content (AvgIpc) is 2.57. The Kier molecular flexibility index (Phi) is 3.32. The van der Waals surface area contributed by atoms with E-state index in [1.54, 1.807) is 4.90 Å². The lowest BCUT2D eigenvalue weighted by Gasteiger charge is -2.36. The highest BCUT2D eigenvalue weighted by molar-refractivity contribution is 5.68. The molecule has 3 unspecified atom stereocenters. The molecule has 2 N–H and O–H groups in total. The molecule has 98 valence electrons. The van der Waals surface area contributed by atoms with Crippen molar-refractivity contribution < 1.29 is 14.6 Å². The third kappa shape index (κ3) is 2.90. The smallest absolute Gasteiger partial charge is 0.410 e. The van der Waals surface area contributed by atoms with Crippen molar-refractivity contribution in [1.82, 2.24) is 10.2 Å². The number of piperidine rings is 1. The molecule has 0 saturated carbocycles. The number of ether oxygens (including phenoxy) is 1. The van der Waals surface area contributed by atoms with E-state index in [1.807, 2.05) is 20.8 Å². The average molecular weight is 242 g/mol. The van der Waals surface area contributed by atoms with Crippen molar-refractivity contribution in [2.75, 3.05) is 19.6 Å². The van der Waals surface area contributed by atoms with Crippen molar-refractivity contribution in [3.63, 3.8) is 0 Å². The molecular formula is C12H22N2O3. The number of hydrogen-bond donors (Lipinski definition) is 2. The third-order valence-electron chi connectivity index (χ3n) is 3.40. The summed E-state index contributed by atoms with van der Waals surface area (Å²) in [6.07, 6.45) is 0.331. The van der Waals surface area contributed by atoms with Crippen LogP contribution in [0.2, 0.25) is 0 Å². The lowest BCUT2D eigenvalue weighted by molar-refractivity contribution is 0.0112. The van der Waals surface area contributed by atoms with E-state index in [1.165, 1.54) is 0 Å². The number of amides is 1. The van der Waals surface area contributed by atoms with Gasteiger partial charge in [-0.2, -0.15) is 0 Å². The minimum absolute atomic E-state index is 0.214. The van der Waals surface area contributed by atoms with Crippen LogP contribution >= 0.6 is 0 Å². The number of aliphatic hydroxyl groups excluding tert-OH is 1. The summed E-state index contributed by atoms with van der Waals surface area (Å²) in [7, 11) is 0. The van der Waals surface area contributed by atoms with Gasteiger partial charge in [0.15, 0.2) is 0 Å². The molecule has 17 heavy (non-hydrogen) atoms. The standard InChI is InChI=1S/C12H22N2O3/c1-12(2,3)17-11(16)14-5-4-8-9(7-14)13-6-10(8)15/h8-10,13,15H,4-7H2,1-3H3. The highest BCUT2D eigenvalue weighted by Gasteiger charge is 2.40. The lowest BCUT2D eigenvalue weighted by Crippen LogP contribution is -2.50. The Morgan fingerprint density at radius 3 is 2.82 bits per heavy atom. The number of carbonyl (C=O) groups excluding carboxylic acids is 1. The van der Waals surface area contributed by atoms with E-state index in [0.717, 1.165) is 6.42 Å². The van der Waals surface area contributed by atoms with Crippen LogP contribution in [0.15, 0.2) is 0 Å². The molecular weight excluding hydrogens is 220 g/mol. The van der Waals surface area contributed by atoms with Gasteiger partial charge in [-0.3, -0.25) is 0 Å². The molecule has 0 aliphatic carbocycles. The van der Waals surface area contributed by atoms with E-state index in [9.17, 15) is 9.90 Å². The van der Waals surface area contributed by atoms with E-state index in [4.69, 9.17) is 4.74 Å². The number of nitrogens with zero attached hydrogens (tertiary/aromatic N) is 1. The van der Waals surface area contributed by atoms with Gasteiger partial charge in [-0.05, 0) is 27.2 Å². The van der Waals surface area contributed by atoms with Gasteiger partial charge in [0.25, 0.3) is 0 Å². The molecule has 2 saturated heterocycles. The van der Waals surface area contributed by atoms with E-state index >= 15 is 0 Å². The molecule has 2 aliphatic rings. The van der Waals surface area contributed by atoms with Crippen molar-refractivity contribution >= 4 is 6.09 Å². The number of carbonyl (C=O) groups is 1. The molecule has 0 spiro atoms. The van der Waals surface area contributed by atoms with Gasteiger partial charge in [-0.1, -0.05) is 0 Å². The first-order chi connectivity index (χ1) is 7.87. The minimum atomic E-state index is -0.448. The second-order valence-electron chi connectivity index (χ2n) is 5.96. The van der Waals surface area contributed by atoms with Crippen LogP contribution in [-0.2, 0) is 4.74 Å². The zero-order valence-electron chi connectivity index (χ0n) is 10.8. The van der Waals surface area contributed by atoms with Crippen LogP contribution in [0.3, 0.4) is 0 Å². The van der Waals surface area contributed by atoms with Crippen LogP contribution in [0.25, 0.3) is 0 Å². The molecule has 2 rings (SSSR count). The fourth-order valence-corrected chi connectivity index (χ4v) is 2.56. The maximum atomic E-state index is 11.9. The van der Waals surface area contributed by atoms with Gasteiger partial charge in [-0.15, -0.1) is 0 Å². The molecule has 0 aromatic rings. The summed E-state index contributed by atoms with van der Waals surface area (Å²) in [5.74, 6) is 0.286. The largest absolute Gasteiger partial charge is 0.444 e. The maximum absolute atomic E-state index is 11.9. The summed E-state index contributed by atoms with van der Waals surface area (Å²) < 4.78 is 5.35. The molecule has 2 fully saturated rings. The molecule has 2 heterocycles. The first-order valence-corrected chi connectivity index (χ1v) is 6.26. The Balaban J connectivity index is 1.91. The van der Waals surface area contributed by atoms with E-state index in [-0.39, 0.29) is 24.2 Å². The van der Waals surface area contributed by atoms with Gasteiger partial charge in [0, 0.05) is 31.6 Å². The number of nitrogens with one attached hydrogen (secondary N) is 1. The van der Waals surface area contributed by atoms with Crippen LogP contribution < -0.4 is 5.32 Å². The topological polar surface area (TPSA) is 61.8 Å². The van der Waals surface area contributed by atoms with Crippen LogP contribution in [0.1, 0.15) is 27.2 Å². The van der Waals surface area contributed by atoms with Crippen LogP contribution in [0.5, 0.6) is 0 Å². The molecule has 1 amide bonds. The number of likely N-dealkylation sites (tertiary alicyclic amines) is 1. The second kappa shape index (κ2) is 4.46. The summed E-state index contributed by atoms with van der Waals surface area (Å²) >= 11 is 0. The first-order valence-electron chi connectivity index (χ1n) is 6.26. The number of hydrogen-bond acceptors (Lipinski definition) is 4. The highest BCUT2D eigenvalue weighted by Crippen LogP contribution is 2.26. The zero-order valence-corrected chi connectivity index (χ0v) is 10.8. The monoisotopic (exact) mass is 242 g/mol. The quantitative estimate of drug-likeness (QED) is 0.652. The van der Waals surface area contributed by atoms with E-state index < -0.39 is 5.60 Å². The van der Waals surface area contributed by atoms with Crippen molar-refractivity contribution in [1.29, 1.82) is 0 Å². The van der Waals surface area contributed by atoms with Gasteiger partial charge in [0.1, 0.15) is 5.60 Å². The van der Waals surface area contributed by atoms with E-state index in [0.29, 0.717) is 19.6 Å². The predicted molar refractivity (Wildman–Crippen MR) is 63.7 cm³/mol. The summed E-state index contributed by atoms with van der Waals surface area (Å²) in [4.78, 5) is 13.6. The summed E-state index contributed by atoms with van der Waals surface area (Å²) in [5.41, 5.74) is -0.448. The highest BCUT2D eigenvalue weighted by atomic mass is 16.6. The summed E-state index contributed by atoms with van der Waals surface area (Å²) in [5, 5.41) is 13.0. The lowest BCUT2D eigenvalue weighted by atomic mass is 9.91. The molecule has 0 aromatic carbocycles. The van der Waals surface area contributed by atoms with Gasteiger partial charge >= 0.3 is 6.09 Å². The van der Waals surface area contributed by atoms with Crippen LogP contribution in [-0.4, -0.2) is 53.5 Å². The zero-order chi connectivity index (χ0) is 12.6. The molecule has 0 aromatic heterocycles. The van der Waals surface area contributed by atoms with Crippen molar-refractivity contribution in [3.05, 3.63) is 0 Å². The summed E-state index contributed by atoms with van der Waals surface area (Å²) in [6.45, 7) is 7.56. The molecule has 5 nitrogen and oxygen atoms in total. The minimum Gasteiger partial charge on any atom is -0.444 e. The summed E-state index contributed by atoms with van der Waals surface area (Å²) in [6, 6.07) is 0.214. The first kappa shape index (κ1) is 12.6. The molecule has 0 bridgehead atoms. The molecule has 3 atom stereocenters. The van der Waals surface area contributed by atoms with Gasteiger partial charge < -0.3 is 20.1 Å². The fraction of sp³-hybridized carbons (Fsp3) is 0.917. The maximum Gasteiger partial charge on any atom is 0.410 e. The SMILES string of the molecule is CC(C)(C)OC(=O)N1CCC2C(O)CNC2C1. The number of fused-ring (bicyclic) bond motifs is 1. The van der Waals surface area contributed by atoms with Gasteiger partial charge in [0.2, 0.25) is 0 Å². The Morgan fingerprint density at radius 1 is 1.47 bits per heavy atom. The normalized spacial score (nSPS) is 33.4. The second-order valence-corrected chi connectivity index (χ2v) is 5.96. The molecule has 0 radical (unpaired) electrons. The van der Waals surface area contributed by atoms with Gasteiger partial charge in [-0.25, -0.2) is 4.79 Å². The number of aliphatic hydroxyl groups is 1. The Bertz CT molecular complexity index is 301. The Labute approximate surface area is 102 Å². The molecule has 2 aliphatic heterocycles. The molecule has 5 heteroatoms. The third-order valence-corrected chi connectivity index (χ3v) is 3.40. The Hall–Kier alpha value is -0.810. The number of rotatable bonds is 0. The van der Waals surface area contributed by atoms with Crippen LogP contribution in [0, 0.1) is 5.92 Å². The number of β-amino-alcohol motifs (C(OH)–C–C–N with tert-alkyl or cyclic N) is 1. The van der Waals surface area contributed by atoms with Gasteiger partial charge in [0.05, 0.1) is 6.10 Å².